The Morgan fingerprint density at radius 3 is 0.817 bits per heavy atom. The van der Waals surface area contributed by atoms with Crippen LogP contribution in [0.3, 0.4) is 0 Å². The van der Waals surface area contributed by atoms with Gasteiger partial charge in [-0.15, -0.1) is 0 Å². The van der Waals surface area contributed by atoms with E-state index in [9.17, 15) is 39.0 Å². The van der Waals surface area contributed by atoms with E-state index < -0.39 is 5.56 Å². The molecule has 23 heteroatoms. The standard InChI is InChI=1S/C22H24ClNO3.C22H22ClNO3.C22H24ClNO2.C22H22ClNO2.C20H18ClNO3/c2*1-12-10-18-20(14(3)13(12)2)21(16(6-5-9-25)22(26)24-18)17-11-15(23)7-8-19(17)27-4;2*1-6-7-16-21(17-11-15(23)8-9-19(17)26-5)20-14(4)13(3)12(2)10-18(20)24-22(16)25;1-10-7-16-18(12(3)11(10)2)19(15(9-23)20(24)22-16)14-8-13(21)5-6-17(14)25-4/h7-8,10-11,25H,5-6,9H2,1-4H3,(H,24,26);5-8,10-11,25H,9H2,1-4H3,(H,24,26);8-11H,6-7H2,1-5H3,(H,24,25);6-11H,1-5H3,(H,24,25);5-9H,1-4H3,(H,22,24). The number of allylic oxidation sites excluding steroid dienone is 1. The summed E-state index contributed by atoms with van der Waals surface area (Å²) in [6.07, 6.45) is 10.0. The van der Waals surface area contributed by atoms with Crippen molar-refractivity contribution in [1.29, 1.82) is 0 Å². The number of nitrogens with one attached hydrogen (secondary N) is 5. The highest BCUT2D eigenvalue weighted by atomic mass is 35.5. The Morgan fingerprint density at radius 2 is 0.565 bits per heavy atom. The van der Waals surface area contributed by atoms with E-state index in [1.165, 1.54) is 22.3 Å². The van der Waals surface area contributed by atoms with Gasteiger partial charge in [0, 0.05) is 164 Å². The quantitative estimate of drug-likeness (QED) is 0.0372. The van der Waals surface area contributed by atoms with Gasteiger partial charge in [-0.1, -0.05) is 95.7 Å². The molecule has 0 saturated heterocycles. The van der Waals surface area contributed by atoms with Crippen LogP contribution >= 0.6 is 58.0 Å². The van der Waals surface area contributed by atoms with Gasteiger partial charge in [0.25, 0.3) is 27.8 Å². The van der Waals surface area contributed by atoms with Crippen LogP contribution in [-0.4, -0.2) is 90.2 Å². The molecule has 131 heavy (non-hydrogen) atoms. The lowest BCUT2D eigenvalue weighted by Crippen LogP contribution is -2.16. The third kappa shape index (κ3) is 20.3. The first-order valence-electron chi connectivity index (χ1n) is 42.9. The van der Waals surface area contributed by atoms with Crippen LogP contribution in [-0.2, 0) is 12.8 Å². The Labute approximate surface area is 787 Å². The van der Waals surface area contributed by atoms with Crippen LogP contribution in [0.5, 0.6) is 28.7 Å². The number of pyridine rings is 5. The van der Waals surface area contributed by atoms with Crippen molar-refractivity contribution in [3.05, 3.63) is 322 Å². The maximum absolute atomic E-state index is 12.9. The van der Waals surface area contributed by atoms with Crippen molar-refractivity contribution in [3.8, 4) is 84.4 Å². The number of hydrogen-bond donors (Lipinski definition) is 7. The number of ether oxygens (including phenoxy) is 5. The molecule has 0 saturated carbocycles. The van der Waals surface area contributed by atoms with E-state index in [2.05, 4.69) is 100 Å². The van der Waals surface area contributed by atoms with Crippen molar-refractivity contribution in [2.75, 3.05) is 48.8 Å². The van der Waals surface area contributed by atoms with Crippen molar-refractivity contribution in [2.45, 2.75) is 143 Å². The predicted molar refractivity (Wildman–Crippen MR) is 545 cm³/mol. The van der Waals surface area contributed by atoms with Crippen LogP contribution < -0.4 is 51.5 Å². The third-order valence-corrected chi connectivity index (χ3v) is 26.2. The number of aryl methyl sites for hydroxylation is 10. The smallest absolute Gasteiger partial charge is 0.259 e. The molecule has 15 rings (SSSR count). The molecule has 0 unspecified atom stereocenters. The zero-order chi connectivity index (χ0) is 95.7. The minimum absolute atomic E-state index is 0.0233. The molecule has 7 N–H and O–H groups in total. The summed E-state index contributed by atoms with van der Waals surface area (Å²) in [5, 5.41) is 26.2. The first-order chi connectivity index (χ1) is 62.4. The van der Waals surface area contributed by atoms with Crippen molar-refractivity contribution < 1.29 is 38.7 Å². The number of benzene rings is 10. The number of fused-ring (bicyclic) bond motifs is 5. The molecule has 0 fully saturated rings. The Kier molecular flexibility index (Phi) is 32.4. The number of aromatic amines is 5. The first-order valence-corrected chi connectivity index (χ1v) is 44.8. The summed E-state index contributed by atoms with van der Waals surface area (Å²) in [5.41, 5.74) is 30.3. The molecule has 18 nitrogen and oxygen atoms in total. The van der Waals surface area contributed by atoms with Gasteiger partial charge in [-0.2, -0.15) is 0 Å². The topological polar surface area (TPSA) is 268 Å². The summed E-state index contributed by atoms with van der Waals surface area (Å²) < 4.78 is 27.8. The molecular formula is C108H110Cl5N5O13. The van der Waals surface area contributed by atoms with Gasteiger partial charge in [0.15, 0.2) is 6.29 Å². The minimum Gasteiger partial charge on any atom is -0.496 e. The molecule has 0 aliphatic rings. The zero-order valence-electron chi connectivity index (χ0n) is 78.0. The van der Waals surface area contributed by atoms with Crippen molar-refractivity contribution >= 4 is 131 Å². The van der Waals surface area contributed by atoms with E-state index in [0.717, 1.165) is 172 Å². The fourth-order valence-electron chi connectivity index (χ4n) is 17.3. The number of rotatable bonds is 19. The average molecular weight is 1860 g/mol. The number of methoxy groups -OCH3 is 5. The molecule has 0 spiro atoms. The van der Waals surface area contributed by atoms with Crippen molar-refractivity contribution in [3.63, 3.8) is 0 Å². The monoisotopic (exact) mass is 1860 g/mol. The summed E-state index contributed by atoms with van der Waals surface area (Å²) in [6, 6.07) is 37.0. The first kappa shape index (κ1) is 99.3. The summed E-state index contributed by atoms with van der Waals surface area (Å²) in [5.74, 6) is 3.25. The third-order valence-electron chi connectivity index (χ3n) is 25.1. The lowest BCUT2D eigenvalue weighted by molar-refractivity contribution is 0.112. The van der Waals surface area contributed by atoms with Gasteiger partial charge in [0.05, 0.1) is 47.7 Å². The zero-order valence-corrected chi connectivity index (χ0v) is 81.7. The van der Waals surface area contributed by atoms with Gasteiger partial charge in [-0.3, -0.25) is 28.8 Å². The Balaban J connectivity index is 0.000000158. The Morgan fingerprint density at radius 1 is 0.321 bits per heavy atom. The van der Waals surface area contributed by atoms with E-state index in [0.29, 0.717) is 107 Å². The van der Waals surface area contributed by atoms with Crippen LogP contribution in [0.1, 0.15) is 143 Å². The highest BCUT2D eigenvalue weighted by Gasteiger charge is 2.28. The van der Waals surface area contributed by atoms with E-state index in [1.807, 2.05) is 121 Å². The fraction of sp³-hybridized carbons (Fsp3) is 0.259. The minimum atomic E-state index is -0.429. The molecule has 0 amide bonds. The fourth-order valence-corrected chi connectivity index (χ4v) is 18.2. The molecule has 680 valence electrons. The molecule has 0 atom stereocenters. The molecular weight excluding hydrogens is 1750 g/mol. The Bertz CT molecular complexity index is 7420. The second-order valence-corrected chi connectivity index (χ2v) is 34.9. The lowest BCUT2D eigenvalue weighted by Gasteiger charge is -2.19. The molecule has 0 bridgehead atoms. The molecule has 10 aromatic carbocycles. The van der Waals surface area contributed by atoms with Crippen LogP contribution in [0.2, 0.25) is 25.1 Å². The largest absolute Gasteiger partial charge is 0.496 e. The average Bonchev–Trinajstić information content (AvgIpc) is 0.764. The van der Waals surface area contributed by atoms with E-state index in [-0.39, 0.29) is 41.0 Å². The van der Waals surface area contributed by atoms with Crippen LogP contribution in [0.25, 0.3) is 122 Å². The normalized spacial score (nSPS) is 11.2. The number of aliphatic hydroxyl groups excluding tert-OH is 2. The number of aldehydes is 1. The molecule has 0 radical (unpaired) electrons. The summed E-state index contributed by atoms with van der Waals surface area (Å²) in [7, 11) is 8.01. The molecule has 5 aromatic heterocycles. The molecule has 0 aliphatic carbocycles. The SMILES string of the molecule is CC=Cc1c(-c2cc(Cl)ccc2OC)c2c(C)c(C)c(C)cc2[nH]c1=O.CCCc1c(-c2cc(Cl)ccc2OC)c2c(C)c(C)c(C)cc2[nH]c1=O.COc1ccc(Cl)cc1-c1c(C=CCO)c(=O)[nH]c2cc(C)c(C)c(C)c12.COc1ccc(Cl)cc1-c1c(C=O)c(=O)[nH]c2cc(C)c(C)c(C)c12.COc1ccc(Cl)cc1-c1c(CCCO)c(=O)[nH]c2cc(C)c(C)c(C)c12. The Hall–Kier alpha value is -12.2. The van der Waals surface area contributed by atoms with Crippen LogP contribution in [0.4, 0.5) is 0 Å². The van der Waals surface area contributed by atoms with E-state index >= 15 is 0 Å². The van der Waals surface area contributed by atoms with Gasteiger partial charge >= 0.3 is 0 Å². The summed E-state index contributed by atoms with van der Waals surface area (Å²) in [6.45, 7) is 34.7. The number of carbonyl (C=O) groups excluding carboxylic acids is 1. The van der Waals surface area contributed by atoms with E-state index in [1.54, 1.807) is 102 Å². The maximum Gasteiger partial charge on any atom is 0.259 e. The van der Waals surface area contributed by atoms with Gasteiger partial charge in [-0.05, 0) is 335 Å². The van der Waals surface area contributed by atoms with Crippen molar-refractivity contribution in [1.82, 2.24) is 24.9 Å². The van der Waals surface area contributed by atoms with Crippen LogP contribution in [0, 0.1) is 104 Å². The van der Waals surface area contributed by atoms with Crippen molar-refractivity contribution in [2.24, 2.45) is 0 Å². The molecule has 5 heterocycles. The van der Waals surface area contributed by atoms with Gasteiger partial charge in [0.1, 0.15) is 28.7 Å². The summed E-state index contributed by atoms with van der Waals surface area (Å²) >= 11 is 31.3. The number of aliphatic hydroxyl groups is 2. The van der Waals surface area contributed by atoms with Crippen LogP contribution in [0.15, 0.2) is 157 Å². The summed E-state index contributed by atoms with van der Waals surface area (Å²) in [4.78, 5) is 90.6. The highest BCUT2D eigenvalue weighted by molar-refractivity contribution is 6.33. The number of H-pyrrole nitrogens is 5. The number of carbonyl (C=O) groups is 1. The molecule has 0 aliphatic heterocycles. The van der Waals surface area contributed by atoms with Gasteiger partial charge in [-0.25, -0.2) is 0 Å². The maximum atomic E-state index is 12.9. The highest BCUT2D eigenvalue weighted by Crippen LogP contribution is 2.47. The van der Waals surface area contributed by atoms with E-state index in [4.69, 9.17) is 81.7 Å². The van der Waals surface area contributed by atoms with Gasteiger partial charge < -0.3 is 58.8 Å². The number of aromatic nitrogens is 5. The predicted octanol–water partition coefficient (Wildman–Crippen LogP) is 25.6. The second kappa shape index (κ2) is 42.8. The number of halogens is 5. The number of hydrogen-bond acceptors (Lipinski definition) is 13. The molecule has 15 aromatic rings. The van der Waals surface area contributed by atoms with Gasteiger partial charge in [0.2, 0.25) is 0 Å². The second-order valence-electron chi connectivity index (χ2n) is 32.7. The lowest BCUT2D eigenvalue weighted by atomic mass is 9.88.